The van der Waals surface area contributed by atoms with Crippen LogP contribution in [0.4, 0.5) is 34.3 Å². The fourth-order valence-electron chi connectivity index (χ4n) is 3.49. The Hall–Kier alpha value is -2.80. The van der Waals surface area contributed by atoms with Gasteiger partial charge < -0.3 is 15.7 Å². The molecule has 1 aromatic heterocycles. The summed E-state index contributed by atoms with van der Waals surface area (Å²) in [6.45, 7) is 1.03. The van der Waals surface area contributed by atoms with Gasteiger partial charge in [0, 0.05) is 44.5 Å². The zero-order valence-corrected chi connectivity index (χ0v) is 18.6. The number of nitrogens with one attached hydrogen (secondary N) is 3. The van der Waals surface area contributed by atoms with E-state index in [1.807, 2.05) is 4.90 Å². The Labute approximate surface area is 190 Å². The van der Waals surface area contributed by atoms with Crippen LogP contribution in [0.5, 0.6) is 0 Å². The zero-order chi connectivity index (χ0) is 23.5. The molecule has 2 heterocycles. The Morgan fingerprint density at radius 3 is 2.47 bits per heavy atom. The van der Waals surface area contributed by atoms with Crippen LogP contribution in [0, 0.1) is 0 Å². The fourth-order valence-corrected chi connectivity index (χ4v) is 3.79. The number of nitrogens with zero attached hydrogens (tertiary/aromatic N) is 3. The molecule has 0 spiro atoms. The summed E-state index contributed by atoms with van der Waals surface area (Å²) < 4.78 is 43.1. The monoisotopic (exact) mass is 518 g/mol. The molecule has 9 nitrogen and oxygen atoms in total. The van der Waals surface area contributed by atoms with Gasteiger partial charge in [-0.2, -0.15) is 18.3 Å². The quantitative estimate of drug-likeness (QED) is 0.476. The van der Waals surface area contributed by atoms with Crippen molar-refractivity contribution in [3.05, 3.63) is 40.0 Å². The van der Waals surface area contributed by atoms with Crippen molar-refractivity contribution in [2.75, 3.05) is 23.7 Å². The highest BCUT2D eigenvalue weighted by Gasteiger charge is 2.34. The van der Waals surface area contributed by atoms with Crippen molar-refractivity contribution in [2.24, 2.45) is 7.05 Å². The van der Waals surface area contributed by atoms with Crippen molar-refractivity contribution in [3.63, 3.8) is 0 Å². The first kappa shape index (κ1) is 23.9. The van der Waals surface area contributed by atoms with Gasteiger partial charge in [0.1, 0.15) is 4.60 Å². The van der Waals surface area contributed by atoms with E-state index in [4.69, 9.17) is 5.11 Å². The number of piperidine rings is 1. The van der Waals surface area contributed by atoms with E-state index in [0.29, 0.717) is 30.5 Å². The summed E-state index contributed by atoms with van der Waals surface area (Å²) in [7, 11) is 1.66. The van der Waals surface area contributed by atoms with Crippen LogP contribution < -0.4 is 16.0 Å². The van der Waals surface area contributed by atoms with Gasteiger partial charge in [-0.15, -0.1) is 0 Å². The number of rotatable bonds is 5. The van der Waals surface area contributed by atoms with Crippen LogP contribution in [-0.2, 0) is 19.8 Å². The number of benzene rings is 1. The number of alkyl halides is 3. The number of anilines is 2. The Morgan fingerprint density at radius 1 is 1.22 bits per heavy atom. The van der Waals surface area contributed by atoms with Crippen molar-refractivity contribution in [1.82, 2.24) is 20.0 Å². The second kappa shape index (κ2) is 9.77. The lowest BCUT2D eigenvalue weighted by atomic mass is 10.0. The maximum absolute atomic E-state index is 13.7. The van der Waals surface area contributed by atoms with Crippen molar-refractivity contribution in [3.8, 4) is 0 Å². The van der Waals surface area contributed by atoms with Gasteiger partial charge in [-0.3, -0.25) is 14.9 Å². The summed E-state index contributed by atoms with van der Waals surface area (Å²) in [6.07, 6.45) is -4.65. The minimum Gasteiger partial charge on any atom is -0.465 e. The number of halogens is 4. The molecule has 0 unspecified atom stereocenters. The molecule has 0 saturated carbocycles. The van der Waals surface area contributed by atoms with E-state index in [1.54, 1.807) is 13.1 Å². The number of urea groups is 1. The normalized spacial score (nSPS) is 15.4. The van der Waals surface area contributed by atoms with Crippen molar-refractivity contribution >= 4 is 39.6 Å². The van der Waals surface area contributed by atoms with Crippen LogP contribution in [0.15, 0.2) is 28.9 Å². The molecule has 13 heteroatoms. The van der Waals surface area contributed by atoms with Gasteiger partial charge in [-0.1, -0.05) is 6.07 Å². The largest absolute Gasteiger partial charge is 0.465 e. The number of amides is 3. The number of likely N-dealkylation sites (tertiary alicyclic amines) is 1. The van der Waals surface area contributed by atoms with E-state index in [0.717, 1.165) is 6.07 Å². The third-order valence-electron chi connectivity index (χ3n) is 5.05. The first-order valence-corrected chi connectivity index (χ1v) is 10.5. The van der Waals surface area contributed by atoms with E-state index in [-0.39, 0.29) is 29.7 Å². The van der Waals surface area contributed by atoms with Crippen LogP contribution >= 0.6 is 15.9 Å². The Kier molecular flexibility index (Phi) is 7.29. The molecule has 0 aliphatic carbocycles. The third kappa shape index (κ3) is 6.36. The molecule has 1 aromatic carbocycles. The van der Waals surface area contributed by atoms with Crippen molar-refractivity contribution < 1.29 is 27.9 Å². The molecule has 0 radical (unpaired) electrons. The number of hydrogen-bond donors (Lipinski definition) is 4. The molecule has 2 aromatic rings. The number of aryl methyl sites for hydroxylation is 1. The average molecular weight is 519 g/mol. The lowest BCUT2D eigenvalue weighted by Gasteiger charge is -2.32. The minimum atomic E-state index is -4.60. The summed E-state index contributed by atoms with van der Waals surface area (Å²) in [5.41, 5.74) is -0.749. The van der Waals surface area contributed by atoms with Crippen LogP contribution in [0.2, 0.25) is 0 Å². The molecule has 4 N–H and O–H groups in total. The summed E-state index contributed by atoms with van der Waals surface area (Å²) >= 11 is 3.24. The average Bonchev–Trinajstić information content (AvgIpc) is 3.00. The Morgan fingerprint density at radius 2 is 1.91 bits per heavy atom. The topological polar surface area (TPSA) is 112 Å². The number of hydrogen-bond acceptors (Lipinski definition) is 4. The lowest BCUT2D eigenvalue weighted by Crippen LogP contribution is -2.44. The predicted octanol–water partition coefficient (Wildman–Crippen LogP) is 4.08. The smallest absolute Gasteiger partial charge is 0.416 e. The summed E-state index contributed by atoms with van der Waals surface area (Å²) in [4.78, 5) is 24.7. The zero-order valence-electron chi connectivity index (χ0n) is 17.0. The highest BCUT2D eigenvalue weighted by Crippen LogP contribution is 2.35. The molecule has 1 aliphatic rings. The Balaban J connectivity index is 1.66. The molecule has 1 fully saturated rings. The molecule has 0 bridgehead atoms. The fraction of sp³-hybridized carbons (Fsp3) is 0.421. The molecule has 1 saturated heterocycles. The number of carbonyl (C=O) groups is 2. The maximum Gasteiger partial charge on any atom is 0.416 e. The predicted molar refractivity (Wildman–Crippen MR) is 114 cm³/mol. The van der Waals surface area contributed by atoms with Crippen LogP contribution in [-0.4, -0.2) is 51.0 Å². The maximum atomic E-state index is 13.7. The van der Waals surface area contributed by atoms with Gasteiger partial charge in [-0.05, 0) is 46.5 Å². The standard InChI is InChI=1S/C19H22BrF3N6O3/c1-28-15(20)9-16(27-28)26-17(30)24-13-3-2-11(14(8-13)19(21,22)23)10-29-6-4-12(5-7-29)25-18(31)32/h2-3,8-9,12,25H,4-7,10H2,1H3,(H,31,32)(H2,24,26,27,30). The molecular formula is C19H22BrF3N6O3. The van der Waals surface area contributed by atoms with Gasteiger partial charge in [0.05, 0.1) is 5.56 Å². The first-order chi connectivity index (χ1) is 15.0. The van der Waals surface area contributed by atoms with Gasteiger partial charge in [0.2, 0.25) is 0 Å². The highest BCUT2D eigenvalue weighted by molar-refractivity contribution is 9.10. The number of carbonyl (C=O) groups excluding carboxylic acids is 1. The van der Waals surface area contributed by atoms with E-state index >= 15 is 0 Å². The molecule has 1 aliphatic heterocycles. The van der Waals surface area contributed by atoms with Gasteiger partial charge in [0.15, 0.2) is 5.82 Å². The van der Waals surface area contributed by atoms with E-state index in [1.165, 1.54) is 16.8 Å². The summed E-state index contributed by atoms with van der Waals surface area (Å²) in [6, 6.07) is 4.30. The van der Waals surface area contributed by atoms with E-state index in [2.05, 4.69) is 37.0 Å². The SMILES string of the molecule is Cn1nc(NC(=O)Nc2ccc(CN3CCC(NC(=O)O)CC3)c(C(F)(F)F)c2)cc1Br. The first-order valence-electron chi connectivity index (χ1n) is 9.71. The van der Waals surface area contributed by atoms with Gasteiger partial charge in [0.25, 0.3) is 0 Å². The summed E-state index contributed by atoms with van der Waals surface area (Å²) in [5.74, 6) is 0.241. The molecular weight excluding hydrogens is 497 g/mol. The van der Waals surface area contributed by atoms with Crippen LogP contribution in [0.1, 0.15) is 24.0 Å². The second-order valence-electron chi connectivity index (χ2n) is 7.42. The van der Waals surface area contributed by atoms with Crippen molar-refractivity contribution in [2.45, 2.75) is 31.6 Å². The van der Waals surface area contributed by atoms with Crippen LogP contribution in [0.25, 0.3) is 0 Å². The van der Waals surface area contributed by atoms with E-state index < -0.39 is 23.9 Å². The number of aromatic nitrogens is 2. The Bertz CT molecular complexity index is 970. The lowest BCUT2D eigenvalue weighted by molar-refractivity contribution is -0.138. The summed E-state index contributed by atoms with van der Waals surface area (Å²) in [5, 5.41) is 20.1. The van der Waals surface area contributed by atoms with Crippen molar-refractivity contribution in [1.29, 1.82) is 0 Å². The molecule has 32 heavy (non-hydrogen) atoms. The molecule has 3 rings (SSSR count). The molecule has 3 amide bonds. The number of carboxylic acid groups (broad SMARTS) is 1. The molecule has 0 atom stereocenters. The second-order valence-corrected chi connectivity index (χ2v) is 8.24. The minimum absolute atomic E-state index is 0.00191. The van der Waals surface area contributed by atoms with E-state index in [9.17, 15) is 22.8 Å². The van der Waals surface area contributed by atoms with Crippen LogP contribution in [0.3, 0.4) is 0 Å². The molecule has 174 valence electrons. The van der Waals surface area contributed by atoms with Gasteiger partial charge >= 0.3 is 18.3 Å². The third-order valence-corrected chi connectivity index (χ3v) is 5.79. The van der Waals surface area contributed by atoms with Gasteiger partial charge in [-0.25, -0.2) is 9.59 Å². The highest BCUT2D eigenvalue weighted by atomic mass is 79.9.